The highest BCUT2D eigenvalue weighted by Gasteiger charge is 2.34. The number of carbonyl (C=O) groups excluding carboxylic acids is 1. The zero-order valence-corrected chi connectivity index (χ0v) is 18.0. The maximum atomic E-state index is 13.0. The summed E-state index contributed by atoms with van der Waals surface area (Å²) in [7, 11) is -7.70. The Labute approximate surface area is 174 Å². The number of piperidine rings is 1. The molecule has 8 nitrogen and oxygen atoms in total. The molecule has 0 saturated carbocycles. The molecule has 156 valence electrons. The highest BCUT2D eigenvalue weighted by molar-refractivity contribution is 7.93. The fraction of sp³-hybridized carbons (Fsp3) is 0.333. The van der Waals surface area contributed by atoms with Crippen LogP contribution in [0.2, 0.25) is 5.02 Å². The average molecular weight is 458 g/mol. The highest BCUT2D eigenvalue weighted by Crippen LogP contribution is 2.28. The predicted molar refractivity (Wildman–Crippen MR) is 109 cm³/mol. The Kier molecular flexibility index (Phi) is 6.27. The van der Waals surface area contributed by atoms with Gasteiger partial charge < -0.3 is 5.32 Å². The quantitative estimate of drug-likeness (QED) is 0.736. The molecule has 2 heterocycles. The molecular weight excluding hydrogens is 438 g/mol. The van der Waals surface area contributed by atoms with Crippen molar-refractivity contribution in [2.45, 2.75) is 22.6 Å². The molecule has 2 aromatic rings. The molecule has 11 heteroatoms. The van der Waals surface area contributed by atoms with Gasteiger partial charge in [-0.2, -0.15) is 4.31 Å². The molecule has 0 unspecified atom stereocenters. The lowest BCUT2D eigenvalue weighted by Crippen LogP contribution is -2.41. The summed E-state index contributed by atoms with van der Waals surface area (Å²) in [5, 5.41) is 3.15. The third-order valence-corrected chi connectivity index (χ3v) is 8.13. The minimum atomic E-state index is -3.99. The Bertz CT molecular complexity index is 1110. The molecule has 1 N–H and O–H groups in total. The number of hydrogen-bond donors (Lipinski definition) is 1. The van der Waals surface area contributed by atoms with Crippen molar-refractivity contribution in [3.63, 3.8) is 0 Å². The van der Waals surface area contributed by atoms with Gasteiger partial charge in [-0.15, -0.1) is 0 Å². The molecule has 0 aliphatic carbocycles. The maximum absolute atomic E-state index is 13.0. The normalized spacial score (nSPS) is 16.5. The molecule has 1 saturated heterocycles. The van der Waals surface area contributed by atoms with Crippen LogP contribution in [0.5, 0.6) is 0 Å². The third-order valence-electron chi connectivity index (χ3n) is 4.67. The molecule has 0 atom stereocenters. The lowest BCUT2D eigenvalue weighted by Gasteiger charge is -2.30. The number of nitrogens with zero attached hydrogens (tertiary/aromatic N) is 2. The Hall–Kier alpha value is -2.01. The maximum Gasteiger partial charge on any atom is 0.244 e. The van der Waals surface area contributed by atoms with Gasteiger partial charge in [0, 0.05) is 31.5 Å². The third kappa shape index (κ3) is 4.95. The number of sulfone groups is 1. The van der Waals surface area contributed by atoms with Gasteiger partial charge in [0.15, 0.2) is 9.84 Å². The summed E-state index contributed by atoms with van der Waals surface area (Å²) >= 11 is 5.77. The smallest absolute Gasteiger partial charge is 0.244 e. The van der Waals surface area contributed by atoms with E-state index < -0.39 is 19.9 Å². The van der Waals surface area contributed by atoms with Crippen LogP contribution in [0.15, 0.2) is 52.4 Å². The van der Waals surface area contributed by atoms with Crippen molar-refractivity contribution >= 4 is 43.2 Å². The molecule has 29 heavy (non-hydrogen) atoms. The Morgan fingerprint density at radius 1 is 1.07 bits per heavy atom. The van der Waals surface area contributed by atoms with E-state index in [0.29, 0.717) is 23.7 Å². The number of pyridine rings is 1. The fourth-order valence-electron chi connectivity index (χ4n) is 3.15. The van der Waals surface area contributed by atoms with Crippen LogP contribution in [-0.2, 0) is 24.7 Å². The molecule has 0 radical (unpaired) electrons. The van der Waals surface area contributed by atoms with E-state index in [4.69, 9.17) is 11.6 Å². The summed E-state index contributed by atoms with van der Waals surface area (Å²) in [5.74, 6) is -0.242. The van der Waals surface area contributed by atoms with Crippen molar-refractivity contribution in [3.05, 3.63) is 47.6 Å². The number of sulfonamides is 1. The van der Waals surface area contributed by atoms with E-state index in [9.17, 15) is 21.6 Å². The number of aromatic nitrogens is 1. The number of hydrogen-bond acceptors (Lipinski definition) is 6. The number of carbonyl (C=O) groups is 1. The minimum absolute atomic E-state index is 0.118. The summed E-state index contributed by atoms with van der Waals surface area (Å²) in [5.41, 5.74) is 0. The Morgan fingerprint density at radius 3 is 2.24 bits per heavy atom. The molecule has 1 fully saturated rings. The lowest BCUT2D eigenvalue weighted by molar-refractivity contribution is -0.120. The first-order valence-corrected chi connectivity index (χ1v) is 12.5. The summed E-state index contributed by atoms with van der Waals surface area (Å²) in [6.07, 6.45) is 3.04. The fourth-order valence-corrected chi connectivity index (χ4v) is 6.33. The van der Waals surface area contributed by atoms with Crippen LogP contribution in [0.3, 0.4) is 0 Å². The van der Waals surface area contributed by atoms with Gasteiger partial charge in [-0.05, 0) is 37.1 Å². The number of anilines is 1. The second-order valence-corrected chi connectivity index (χ2v) is 11.1. The van der Waals surface area contributed by atoms with Crippen LogP contribution in [0.1, 0.15) is 12.8 Å². The number of rotatable bonds is 5. The average Bonchev–Trinajstić information content (AvgIpc) is 2.69. The van der Waals surface area contributed by atoms with E-state index >= 15 is 0 Å². The number of amides is 1. The largest absolute Gasteiger partial charge is 0.310 e. The molecule has 0 bridgehead atoms. The predicted octanol–water partition coefficient (Wildman–Crippen LogP) is 2.18. The van der Waals surface area contributed by atoms with Gasteiger partial charge >= 0.3 is 0 Å². The van der Waals surface area contributed by atoms with Gasteiger partial charge in [0.2, 0.25) is 15.9 Å². The van der Waals surface area contributed by atoms with Crippen molar-refractivity contribution in [3.8, 4) is 0 Å². The lowest BCUT2D eigenvalue weighted by atomic mass is 9.97. The minimum Gasteiger partial charge on any atom is -0.310 e. The SMILES string of the molecule is CS(=O)(=O)c1ccccc1S(=O)(=O)N1CCC(C(=O)Nc2ccc(Cl)cn2)CC1. The van der Waals surface area contributed by atoms with Crippen molar-refractivity contribution < 1.29 is 21.6 Å². The topological polar surface area (TPSA) is 114 Å². The highest BCUT2D eigenvalue weighted by atomic mass is 35.5. The first-order valence-electron chi connectivity index (χ1n) is 8.80. The molecule has 1 aliphatic rings. The van der Waals surface area contributed by atoms with Crippen LogP contribution in [0.4, 0.5) is 5.82 Å². The molecule has 1 aromatic carbocycles. The van der Waals surface area contributed by atoms with Gasteiger partial charge in [-0.1, -0.05) is 23.7 Å². The summed E-state index contributed by atoms with van der Waals surface area (Å²) in [6.45, 7) is 0.235. The molecule has 0 spiro atoms. The number of halogens is 1. The zero-order valence-electron chi connectivity index (χ0n) is 15.6. The van der Waals surface area contributed by atoms with Crippen LogP contribution in [0, 0.1) is 5.92 Å². The zero-order chi connectivity index (χ0) is 21.2. The van der Waals surface area contributed by atoms with Crippen LogP contribution < -0.4 is 5.32 Å². The van der Waals surface area contributed by atoms with Crippen molar-refractivity contribution in [2.24, 2.45) is 5.92 Å². The van der Waals surface area contributed by atoms with E-state index in [0.717, 1.165) is 6.26 Å². The Morgan fingerprint density at radius 2 is 1.69 bits per heavy atom. The van der Waals surface area contributed by atoms with Crippen LogP contribution in [-0.4, -0.2) is 51.4 Å². The molecular formula is C18H20ClN3O5S2. The van der Waals surface area contributed by atoms with Crippen molar-refractivity contribution in [1.29, 1.82) is 0 Å². The molecule has 1 amide bonds. The summed E-state index contributed by atoms with van der Waals surface area (Å²) in [4.78, 5) is 16.0. The van der Waals surface area contributed by atoms with Gasteiger partial charge in [-0.3, -0.25) is 4.79 Å². The van der Waals surface area contributed by atoms with E-state index in [1.54, 1.807) is 12.1 Å². The number of benzene rings is 1. The first kappa shape index (κ1) is 21.7. The van der Waals surface area contributed by atoms with E-state index in [2.05, 4.69) is 10.3 Å². The summed E-state index contributed by atoms with van der Waals surface area (Å²) in [6, 6.07) is 8.73. The van der Waals surface area contributed by atoms with Crippen LogP contribution in [0.25, 0.3) is 0 Å². The van der Waals surface area contributed by atoms with Gasteiger partial charge in [-0.25, -0.2) is 21.8 Å². The van der Waals surface area contributed by atoms with Gasteiger partial charge in [0.1, 0.15) is 10.7 Å². The molecule has 1 aliphatic heterocycles. The Balaban J connectivity index is 1.70. The molecule has 1 aromatic heterocycles. The second kappa shape index (κ2) is 8.39. The number of nitrogens with one attached hydrogen (secondary N) is 1. The van der Waals surface area contributed by atoms with E-state index in [-0.39, 0.29) is 34.7 Å². The van der Waals surface area contributed by atoms with Crippen molar-refractivity contribution in [1.82, 2.24) is 9.29 Å². The summed E-state index contributed by atoms with van der Waals surface area (Å²) < 4.78 is 51.1. The second-order valence-electron chi connectivity index (χ2n) is 6.75. The van der Waals surface area contributed by atoms with Crippen LogP contribution >= 0.6 is 11.6 Å². The standard InChI is InChI=1S/C18H20ClN3O5S2/c1-28(24,25)15-4-2-3-5-16(15)29(26,27)22-10-8-13(9-11-22)18(23)21-17-7-6-14(19)12-20-17/h2-7,12-13H,8-11H2,1H3,(H,20,21,23). The molecule has 3 rings (SSSR count). The van der Waals surface area contributed by atoms with Gasteiger partial charge in [0.05, 0.1) is 9.92 Å². The van der Waals surface area contributed by atoms with E-state index in [1.165, 1.54) is 34.8 Å². The first-order chi connectivity index (χ1) is 13.6. The van der Waals surface area contributed by atoms with E-state index in [1.807, 2.05) is 0 Å². The van der Waals surface area contributed by atoms with Gasteiger partial charge in [0.25, 0.3) is 0 Å². The monoisotopic (exact) mass is 457 g/mol. The van der Waals surface area contributed by atoms with Crippen molar-refractivity contribution in [2.75, 3.05) is 24.7 Å².